The highest BCUT2D eigenvalue weighted by Gasteiger charge is 2.18. The first kappa shape index (κ1) is 16.1. The molecule has 0 saturated carbocycles. The molecule has 0 bridgehead atoms. The highest BCUT2D eigenvalue weighted by Crippen LogP contribution is 2.25. The molecule has 23 heavy (non-hydrogen) atoms. The Morgan fingerprint density at radius 3 is 2.83 bits per heavy atom. The predicted molar refractivity (Wildman–Crippen MR) is 91.3 cm³/mol. The highest BCUT2D eigenvalue weighted by molar-refractivity contribution is 6.30. The summed E-state index contributed by atoms with van der Waals surface area (Å²) in [5, 5.41) is 12.1. The largest absolute Gasteiger partial charge is 0.364 e. The number of benzene rings is 1. The van der Waals surface area contributed by atoms with Gasteiger partial charge in [0.15, 0.2) is 5.82 Å². The van der Waals surface area contributed by atoms with Crippen LogP contribution in [0.2, 0.25) is 5.02 Å². The summed E-state index contributed by atoms with van der Waals surface area (Å²) in [7, 11) is 2.13. The van der Waals surface area contributed by atoms with Crippen LogP contribution in [0.4, 0.5) is 10.2 Å². The van der Waals surface area contributed by atoms with Crippen LogP contribution in [0.15, 0.2) is 24.3 Å². The standard InChI is InChI=1S/C17H20ClFN4/c1-11-8-16(12-5-6-14(18)15(19)9-12)21-22-17(11)20-13-4-3-7-23(2)10-13/h5-6,8-9,13H,3-4,7,10H2,1-2H3,(H,20,22)/t13-/m1/s1. The number of anilines is 1. The molecule has 0 spiro atoms. The fourth-order valence-electron chi connectivity index (χ4n) is 2.90. The van der Waals surface area contributed by atoms with Gasteiger partial charge in [0.2, 0.25) is 0 Å². The van der Waals surface area contributed by atoms with Gasteiger partial charge in [-0.2, -0.15) is 0 Å². The number of hydrogen-bond donors (Lipinski definition) is 1. The summed E-state index contributed by atoms with van der Waals surface area (Å²) < 4.78 is 13.6. The number of aryl methyl sites for hydroxylation is 1. The summed E-state index contributed by atoms with van der Waals surface area (Å²) in [6, 6.07) is 6.98. The van der Waals surface area contributed by atoms with Gasteiger partial charge in [-0.15, -0.1) is 10.2 Å². The summed E-state index contributed by atoms with van der Waals surface area (Å²) >= 11 is 5.72. The number of hydrogen-bond acceptors (Lipinski definition) is 4. The fourth-order valence-corrected chi connectivity index (χ4v) is 3.02. The van der Waals surface area contributed by atoms with Gasteiger partial charge < -0.3 is 10.2 Å². The van der Waals surface area contributed by atoms with Crippen LogP contribution < -0.4 is 5.32 Å². The molecule has 1 aromatic carbocycles. The Kier molecular flexibility index (Phi) is 4.78. The minimum atomic E-state index is -0.448. The topological polar surface area (TPSA) is 41.1 Å². The van der Waals surface area contributed by atoms with Crippen molar-refractivity contribution in [3.05, 3.63) is 40.7 Å². The maximum absolute atomic E-state index is 13.6. The molecule has 0 unspecified atom stereocenters. The van der Waals surface area contributed by atoms with Gasteiger partial charge in [-0.3, -0.25) is 0 Å². The lowest BCUT2D eigenvalue weighted by Crippen LogP contribution is -2.40. The van der Waals surface area contributed by atoms with E-state index >= 15 is 0 Å². The fraction of sp³-hybridized carbons (Fsp3) is 0.412. The van der Waals surface area contributed by atoms with E-state index in [0.717, 1.165) is 30.9 Å². The van der Waals surface area contributed by atoms with Crippen LogP contribution in [0.1, 0.15) is 18.4 Å². The Morgan fingerprint density at radius 1 is 1.30 bits per heavy atom. The van der Waals surface area contributed by atoms with Crippen molar-refractivity contribution < 1.29 is 4.39 Å². The Balaban J connectivity index is 1.78. The summed E-state index contributed by atoms with van der Waals surface area (Å²) in [6.07, 6.45) is 2.32. The number of piperidine rings is 1. The number of likely N-dealkylation sites (tertiary alicyclic amines) is 1. The first-order chi connectivity index (χ1) is 11.0. The van der Waals surface area contributed by atoms with Gasteiger partial charge in [-0.25, -0.2) is 4.39 Å². The molecule has 1 saturated heterocycles. The molecule has 0 aliphatic carbocycles. The van der Waals surface area contributed by atoms with Gasteiger partial charge >= 0.3 is 0 Å². The lowest BCUT2D eigenvalue weighted by molar-refractivity contribution is 0.260. The normalized spacial score (nSPS) is 18.9. The van der Waals surface area contributed by atoms with Crippen LogP contribution in [0.3, 0.4) is 0 Å². The molecule has 0 amide bonds. The SMILES string of the molecule is Cc1cc(-c2ccc(Cl)c(F)c2)nnc1N[C@@H]1CCCN(C)C1. The first-order valence-corrected chi connectivity index (χ1v) is 8.15. The summed E-state index contributed by atoms with van der Waals surface area (Å²) in [4.78, 5) is 2.31. The molecule has 6 heteroatoms. The van der Waals surface area contributed by atoms with Gasteiger partial charge in [0.1, 0.15) is 5.82 Å². The lowest BCUT2D eigenvalue weighted by Gasteiger charge is -2.30. The molecular formula is C17H20ClFN4. The smallest absolute Gasteiger partial charge is 0.151 e. The van der Waals surface area contributed by atoms with Crippen LogP contribution in [0, 0.1) is 12.7 Å². The van der Waals surface area contributed by atoms with E-state index in [4.69, 9.17) is 11.6 Å². The first-order valence-electron chi connectivity index (χ1n) is 7.78. The molecule has 1 aliphatic rings. The molecule has 3 rings (SSSR count). The van der Waals surface area contributed by atoms with Crippen LogP contribution in [0.25, 0.3) is 11.3 Å². The third kappa shape index (κ3) is 3.79. The monoisotopic (exact) mass is 334 g/mol. The quantitative estimate of drug-likeness (QED) is 0.928. The molecule has 1 atom stereocenters. The van der Waals surface area contributed by atoms with Gasteiger partial charge in [0.25, 0.3) is 0 Å². The minimum Gasteiger partial charge on any atom is -0.364 e. The van der Waals surface area contributed by atoms with E-state index in [1.54, 1.807) is 6.07 Å². The molecule has 1 aliphatic heterocycles. The van der Waals surface area contributed by atoms with Gasteiger partial charge in [-0.1, -0.05) is 17.7 Å². The molecule has 122 valence electrons. The van der Waals surface area contributed by atoms with Crippen molar-refractivity contribution in [3.63, 3.8) is 0 Å². The molecule has 1 aromatic heterocycles. The number of rotatable bonds is 3. The second-order valence-corrected chi connectivity index (χ2v) is 6.54. The van der Waals surface area contributed by atoms with E-state index < -0.39 is 5.82 Å². The Labute approximate surface area is 140 Å². The second-order valence-electron chi connectivity index (χ2n) is 6.14. The van der Waals surface area contributed by atoms with Crippen LogP contribution in [-0.2, 0) is 0 Å². The molecular weight excluding hydrogens is 315 g/mol. The average molecular weight is 335 g/mol. The lowest BCUT2D eigenvalue weighted by atomic mass is 10.1. The van der Waals surface area contributed by atoms with Gasteiger partial charge in [-0.05, 0) is 57.1 Å². The number of nitrogens with zero attached hydrogens (tertiary/aromatic N) is 3. The summed E-state index contributed by atoms with van der Waals surface area (Å²) in [5.41, 5.74) is 2.31. The molecule has 1 N–H and O–H groups in total. The van der Waals surface area contributed by atoms with Crippen molar-refractivity contribution in [3.8, 4) is 11.3 Å². The zero-order valence-corrected chi connectivity index (χ0v) is 14.1. The van der Waals surface area contributed by atoms with Gasteiger partial charge in [0.05, 0.1) is 10.7 Å². The van der Waals surface area contributed by atoms with Crippen molar-refractivity contribution in [2.75, 3.05) is 25.5 Å². The third-order valence-electron chi connectivity index (χ3n) is 4.17. The van der Waals surface area contributed by atoms with Gasteiger partial charge in [0, 0.05) is 18.2 Å². The summed E-state index contributed by atoms with van der Waals surface area (Å²) in [5.74, 6) is 0.347. The Morgan fingerprint density at radius 2 is 2.13 bits per heavy atom. The Hall–Kier alpha value is -1.72. The maximum atomic E-state index is 13.6. The minimum absolute atomic E-state index is 0.109. The van der Waals surface area contributed by atoms with Crippen molar-refractivity contribution in [1.29, 1.82) is 0 Å². The molecule has 1 fully saturated rings. The van der Waals surface area contributed by atoms with Crippen molar-refractivity contribution >= 4 is 17.4 Å². The number of likely N-dealkylation sites (N-methyl/N-ethyl adjacent to an activating group) is 1. The number of aromatic nitrogens is 2. The van der Waals surface area contributed by atoms with E-state index in [0.29, 0.717) is 17.3 Å². The third-order valence-corrected chi connectivity index (χ3v) is 4.47. The van der Waals surface area contributed by atoms with Crippen LogP contribution in [0.5, 0.6) is 0 Å². The highest BCUT2D eigenvalue weighted by atomic mass is 35.5. The maximum Gasteiger partial charge on any atom is 0.151 e. The number of halogens is 2. The van der Waals surface area contributed by atoms with Crippen LogP contribution in [-0.4, -0.2) is 41.3 Å². The van der Waals surface area contributed by atoms with E-state index in [2.05, 4.69) is 27.5 Å². The van der Waals surface area contributed by atoms with Crippen molar-refractivity contribution in [2.45, 2.75) is 25.8 Å². The van der Waals surface area contributed by atoms with Crippen molar-refractivity contribution in [1.82, 2.24) is 15.1 Å². The molecule has 4 nitrogen and oxygen atoms in total. The zero-order chi connectivity index (χ0) is 16.4. The van der Waals surface area contributed by atoms with E-state index in [9.17, 15) is 4.39 Å². The second kappa shape index (κ2) is 6.81. The van der Waals surface area contributed by atoms with Crippen molar-refractivity contribution in [2.24, 2.45) is 0 Å². The zero-order valence-electron chi connectivity index (χ0n) is 13.3. The molecule has 2 heterocycles. The van der Waals surface area contributed by atoms with Crippen LogP contribution >= 0.6 is 11.6 Å². The van der Waals surface area contributed by atoms with E-state index in [1.165, 1.54) is 18.6 Å². The number of nitrogens with one attached hydrogen (secondary N) is 1. The molecule has 2 aromatic rings. The predicted octanol–water partition coefficient (Wildman–Crippen LogP) is 3.75. The van der Waals surface area contributed by atoms with E-state index in [1.807, 2.05) is 13.0 Å². The molecule has 0 radical (unpaired) electrons. The summed E-state index contributed by atoms with van der Waals surface area (Å²) in [6.45, 7) is 4.13. The Bertz CT molecular complexity index is 707. The van der Waals surface area contributed by atoms with E-state index in [-0.39, 0.29) is 5.02 Å². The average Bonchev–Trinajstić information content (AvgIpc) is 2.52.